The van der Waals surface area contributed by atoms with E-state index in [1.54, 1.807) is 0 Å². The van der Waals surface area contributed by atoms with Crippen LogP contribution < -0.4 is 5.73 Å². The largest absolute Gasteiger partial charge is 0.394 e. The molecule has 0 radical (unpaired) electrons. The highest BCUT2D eigenvalue weighted by Gasteiger charge is 2.24. The topological polar surface area (TPSA) is 136 Å². The number of nitrogens with two attached hydrogens (primary N) is 1. The molecule has 7 heteroatoms. The van der Waals surface area contributed by atoms with Gasteiger partial charge >= 0.3 is 0 Å². The van der Waals surface area contributed by atoms with Crippen LogP contribution in [0.2, 0.25) is 0 Å². The van der Waals surface area contributed by atoms with Crippen LogP contribution in [0.1, 0.15) is 90.4 Å². The third-order valence-electron chi connectivity index (χ3n) is 5.42. The Bertz CT molecular complexity index is 347. The van der Waals surface area contributed by atoms with Gasteiger partial charge in [-0.25, -0.2) is 0 Å². The summed E-state index contributed by atoms with van der Waals surface area (Å²) in [5, 5.41) is 47.6. The second-order valence-corrected chi connectivity index (χ2v) is 8.25. The van der Waals surface area contributed by atoms with Gasteiger partial charge in [-0.05, 0) is 6.42 Å². The molecule has 0 spiro atoms. The number of hydrogen-bond donors (Lipinski definition) is 6. The third kappa shape index (κ3) is 16.1. The molecule has 0 saturated carbocycles. The highest BCUT2D eigenvalue weighted by molar-refractivity contribution is 4.79. The average molecular weight is 422 g/mol. The molecule has 0 aliphatic rings. The lowest BCUT2D eigenvalue weighted by atomic mass is 10.00. The highest BCUT2D eigenvalue weighted by Crippen LogP contribution is 2.14. The van der Waals surface area contributed by atoms with Crippen LogP contribution in [0.3, 0.4) is 0 Å². The molecule has 0 aliphatic heterocycles. The molecule has 0 rings (SSSR count). The van der Waals surface area contributed by atoms with Crippen LogP contribution in [0.5, 0.6) is 0 Å². The lowest BCUT2D eigenvalue weighted by Gasteiger charge is -2.24. The van der Waals surface area contributed by atoms with Gasteiger partial charge in [0.15, 0.2) is 0 Å². The Kier molecular flexibility index (Phi) is 19.5. The Hall–Kier alpha value is -0.280. The van der Waals surface area contributed by atoms with Gasteiger partial charge in [0.2, 0.25) is 0 Å². The van der Waals surface area contributed by atoms with Crippen LogP contribution in [-0.4, -0.2) is 75.8 Å². The summed E-state index contributed by atoms with van der Waals surface area (Å²) in [5.74, 6) is 0. The van der Waals surface area contributed by atoms with E-state index in [1.165, 1.54) is 57.8 Å². The van der Waals surface area contributed by atoms with Crippen molar-refractivity contribution in [2.45, 2.75) is 121 Å². The van der Waals surface area contributed by atoms with Crippen molar-refractivity contribution in [2.24, 2.45) is 5.73 Å². The molecule has 0 fully saturated rings. The smallest absolute Gasteiger partial charge is 0.105 e. The molecule has 0 aromatic heterocycles. The first-order valence-corrected chi connectivity index (χ1v) is 11.6. The summed E-state index contributed by atoms with van der Waals surface area (Å²) in [4.78, 5) is 0. The molecule has 176 valence electrons. The zero-order valence-corrected chi connectivity index (χ0v) is 18.4. The van der Waals surface area contributed by atoms with Crippen molar-refractivity contribution in [1.82, 2.24) is 0 Å². The zero-order valence-electron chi connectivity index (χ0n) is 18.4. The summed E-state index contributed by atoms with van der Waals surface area (Å²) in [6, 6.07) is -0.777. The third-order valence-corrected chi connectivity index (χ3v) is 5.42. The van der Waals surface area contributed by atoms with E-state index in [4.69, 9.17) is 15.6 Å². The minimum Gasteiger partial charge on any atom is -0.394 e. The van der Waals surface area contributed by atoms with Gasteiger partial charge in [-0.15, -0.1) is 0 Å². The van der Waals surface area contributed by atoms with Gasteiger partial charge in [-0.2, -0.15) is 0 Å². The Morgan fingerprint density at radius 2 is 1.14 bits per heavy atom. The van der Waals surface area contributed by atoms with Crippen molar-refractivity contribution in [3.05, 3.63) is 0 Å². The molecule has 0 unspecified atom stereocenters. The van der Waals surface area contributed by atoms with Gasteiger partial charge in [0.25, 0.3) is 0 Å². The van der Waals surface area contributed by atoms with Gasteiger partial charge in [0.1, 0.15) is 12.2 Å². The van der Waals surface area contributed by atoms with E-state index in [1.807, 2.05) is 0 Å². The molecule has 29 heavy (non-hydrogen) atoms. The van der Waals surface area contributed by atoms with E-state index in [9.17, 15) is 20.4 Å². The lowest BCUT2D eigenvalue weighted by Crippen LogP contribution is -2.46. The van der Waals surface area contributed by atoms with Crippen molar-refractivity contribution in [3.63, 3.8) is 0 Å². The molecular weight excluding hydrogens is 374 g/mol. The van der Waals surface area contributed by atoms with Crippen molar-refractivity contribution >= 4 is 0 Å². The minimum absolute atomic E-state index is 0.0497. The van der Waals surface area contributed by atoms with Crippen LogP contribution in [0.25, 0.3) is 0 Å². The Balaban J connectivity index is 3.59. The maximum atomic E-state index is 10.1. The van der Waals surface area contributed by atoms with E-state index in [0.29, 0.717) is 6.42 Å². The molecule has 0 aliphatic carbocycles. The molecule has 5 atom stereocenters. The predicted molar refractivity (Wildman–Crippen MR) is 116 cm³/mol. The first-order valence-electron chi connectivity index (χ1n) is 11.6. The second-order valence-electron chi connectivity index (χ2n) is 8.25. The van der Waals surface area contributed by atoms with E-state index in [-0.39, 0.29) is 13.2 Å². The summed E-state index contributed by atoms with van der Waals surface area (Å²) in [5.41, 5.74) is 5.82. The van der Waals surface area contributed by atoms with Crippen molar-refractivity contribution in [3.8, 4) is 0 Å². The monoisotopic (exact) mass is 421 g/mol. The first kappa shape index (κ1) is 28.7. The van der Waals surface area contributed by atoms with Gasteiger partial charge in [0, 0.05) is 0 Å². The summed E-state index contributed by atoms with van der Waals surface area (Å²) < 4.78 is 5.15. The summed E-state index contributed by atoms with van der Waals surface area (Å²) >= 11 is 0. The number of unbranched alkanes of at least 4 members (excludes halogenated alkanes) is 11. The fraction of sp³-hybridized carbons (Fsp3) is 1.00. The second kappa shape index (κ2) is 19.7. The molecule has 0 bridgehead atoms. The summed E-state index contributed by atoms with van der Waals surface area (Å²) in [7, 11) is 0. The zero-order chi connectivity index (χ0) is 21.9. The highest BCUT2D eigenvalue weighted by atomic mass is 16.5. The summed E-state index contributed by atoms with van der Waals surface area (Å²) in [6.07, 6.45) is 11.0. The van der Waals surface area contributed by atoms with Crippen LogP contribution in [0.15, 0.2) is 0 Å². The Morgan fingerprint density at radius 1 is 0.655 bits per heavy atom. The normalized spacial score (nSPS) is 17.1. The maximum absolute atomic E-state index is 10.1. The van der Waals surface area contributed by atoms with Crippen LogP contribution in [-0.2, 0) is 4.74 Å². The van der Waals surface area contributed by atoms with E-state index in [2.05, 4.69) is 6.92 Å². The number of aliphatic hydroxyl groups excluding tert-OH is 5. The Labute approximate surface area is 177 Å². The van der Waals surface area contributed by atoms with Gasteiger partial charge < -0.3 is 36.0 Å². The van der Waals surface area contributed by atoms with Crippen molar-refractivity contribution in [2.75, 3.05) is 19.8 Å². The molecule has 7 nitrogen and oxygen atoms in total. The molecule has 0 aromatic rings. The average Bonchev–Trinajstić information content (AvgIpc) is 2.72. The van der Waals surface area contributed by atoms with Crippen LogP contribution in [0.4, 0.5) is 0 Å². The number of aliphatic hydroxyl groups is 5. The van der Waals surface area contributed by atoms with Gasteiger partial charge in [-0.3, -0.25) is 0 Å². The SMILES string of the molecule is CCCCCCCCCCCCCC[C@@H](O)[C@@H](O)[C@@H](N)COC[C@H](O)[C@@H](O)CO. The Morgan fingerprint density at radius 3 is 1.62 bits per heavy atom. The predicted octanol–water partition coefficient (Wildman–Crippen LogP) is 1.86. The molecule has 0 saturated heterocycles. The standard InChI is InChI=1S/C22H47NO6/c1-2-3-4-5-6-7-8-9-10-11-12-13-14-19(25)22(28)18(23)16-29-17-21(27)20(26)15-24/h18-22,24-28H,2-17,23H2,1H3/t18-,19+,20-,21-,22-/m0/s1. The molecule has 0 amide bonds. The fourth-order valence-electron chi connectivity index (χ4n) is 3.31. The van der Waals surface area contributed by atoms with E-state index >= 15 is 0 Å². The van der Waals surface area contributed by atoms with Gasteiger partial charge in [0.05, 0.1) is 38.1 Å². The molecule has 0 aromatic carbocycles. The minimum atomic E-state index is -1.27. The van der Waals surface area contributed by atoms with Gasteiger partial charge in [-0.1, -0.05) is 84.0 Å². The van der Waals surface area contributed by atoms with Crippen LogP contribution in [0, 0.1) is 0 Å². The number of rotatable bonds is 21. The van der Waals surface area contributed by atoms with Crippen LogP contribution >= 0.6 is 0 Å². The van der Waals surface area contributed by atoms with Crippen molar-refractivity contribution < 1.29 is 30.3 Å². The molecule has 0 heterocycles. The lowest BCUT2D eigenvalue weighted by molar-refractivity contribution is -0.0699. The van der Waals surface area contributed by atoms with E-state index < -0.39 is 37.1 Å². The maximum Gasteiger partial charge on any atom is 0.105 e. The quantitative estimate of drug-likeness (QED) is 0.156. The summed E-state index contributed by atoms with van der Waals surface area (Å²) in [6.45, 7) is 1.43. The fourth-order valence-corrected chi connectivity index (χ4v) is 3.31. The van der Waals surface area contributed by atoms with E-state index in [0.717, 1.165) is 19.3 Å². The first-order chi connectivity index (χ1) is 13.9. The number of ether oxygens (including phenoxy) is 1. The molecular formula is C22H47NO6. The number of hydrogen-bond acceptors (Lipinski definition) is 7. The molecule has 7 N–H and O–H groups in total. The van der Waals surface area contributed by atoms with Crippen molar-refractivity contribution in [1.29, 1.82) is 0 Å².